The fraction of sp³-hybridized carbons (Fsp3) is 1.00. The summed E-state index contributed by atoms with van der Waals surface area (Å²) in [6, 6.07) is -4.18. The minimum atomic E-state index is -1.57. The molecule has 2 saturated heterocycles. The van der Waals surface area contributed by atoms with Gasteiger partial charge in [-0.15, -0.1) is 0 Å². The zero-order valence-electron chi connectivity index (χ0n) is 23.2. The number of nitrogens with two attached hydrogens (primary N) is 4. The smallest absolute Gasteiger partial charge is 0.186 e. The van der Waals surface area contributed by atoms with Gasteiger partial charge in [-0.1, -0.05) is 6.92 Å². The van der Waals surface area contributed by atoms with E-state index in [1.54, 1.807) is 0 Å². The van der Waals surface area contributed by atoms with Gasteiger partial charge in [0.1, 0.15) is 42.9 Å². The molecule has 242 valence electrons. The van der Waals surface area contributed by atoms with Crippen LogP contribution in [-0.2, 0) is 14.2 Å². The second kappa shape index (κ2) is 15.4. The first kappa shape index (κ1) is 34.8. The zero-order chi connectivity index (χ0) is 30.6. The lowest BCUT2D eigenvalue weighted by atomic mass is 9.71. The van der Waals surface area contributed by atoms with Gasteiger partial charge in [0.05, 0.1) is 43.1 Å². The molecule has 0 radical (unpaired) electrons. The number of aliphatic hydroxyl groups excluding tert-OH is 8. The van der Waals surface area contributed by atoms with Crippen molar-refractivity contribution in [1.82, 2.24) is 10.6 Å². The summed E-state index contributed by atoms with van der Waals surface area (Å²) in [7, 11) is 0. The summed E-state index contributed by atoms with van der Waals surface area (Å²) < 4.78 is 17.7. The van der Waals surface area contributed by atoms with E-state index in [4.69, 9.17) is 37.1 Å². The molecule has 3 aliphatic rings. The highest BCUT2D eigenvalue weighted by Crippen LogP contribution is 2.37. The molecule has 2 aliphatic heterocycles. The van der Waals surface area contributed by atoms with Crippen LogP contribution in [-0.4, -0.2) is 165 Å². The minimum Gasteiger partial charge on any atom is -0.394 e. The highest BCUT2D eigenvalue weighted by atomic mass is 16.7. The van der Waals surface area contributed by atoms with E-state index in [9.17, 15) is 40.9 Å². The van der Waals surface area contributed by atoms with Gasteiger partial charge in [-0.3, -0.25) is 5.32 Å². The second-order valence-corrected chi connectivity index (χ2v) is 11.2. The Hall–Kier alpha value is -0.680. The van der Waals surface area contributed by atoms with Crippen LogP contribution in [0.3, 0.4) is 0 Å². The fourth-order valence-electron chi connectivity index (χ4n) is 5.93. The van der Waals surface area contributed by atoms with Crippen LogP contribution in [0, 0.1) is 5.92 Å². The van der Waals surface area contributed by atoms with Crippen molar-refractivity contribution in [2.75, 3.05) is 26.2 Å². The van der Waals surface area contributed by atoms with Crippen LogP contribution in [0.1, 0.15) is 19.8 Å². The lowest BCUT2D eigenvalue weighted by Crippen LogP contribution is -2.72. The summed E-state index contributed by atoms with van der Waals surface area (Å²) in [6.45, 7) is 2.08. The molecule has 0 aromatic rings. The molecule has 0 aromatic heterocycles. The van der Waals surface area contributed by atoms with E-state index in [-0.39, 0.29) is 25.9 Å². The van der Waals surface area contributed by atoms with Gasteiger partial charge < -0.3 is 83.3 Å². The van der Waals surface area contributed by atoms with E-state index >= 15 is 0 Å². The van der Waals surface area contributed by atoms with E-state index in [1.807, 2.05) is 6.92 Å². The minimum absolute atomic E-state index is 0.0306. The third-order valence-electron chi connectivity index (χ3n) is 8.40. The maximum absolute atomic E-state index is 11.7. The van der Waals surface area contributed by atoms with Crippen LogP contribution in [0.5, 0.6) is 0 Å². The maximum atomic E-state index is 11.7. The van der Waals surface area contributed by atoms with E-state index in [1.165, 1.54) is 0 Å². The van der Waals surface area contributed by atoms with Crippen LogP contribution in [0.15, 0.2) is 0 Å². The topological polar surface area (TPSA) is 318 Å². The summed E-state index contributed by atoms with van der Waals surface area (Å²) in [4.78, 5) is 0. The number of hydrogen-bond donors (Lipinski definition) is 14. The van der Waals surface area contributed by atoms with Crippen molar-refractivity contribution < 1.29 is 55.1 Å². The first-order valence-electron chi connectivity index (χ1n) is 14.1. The maximum Gasteiger partial charge on any atom is 0.186 e. The molecule has 17 heteroatoms. The Labute approximate surface area is 238 Å². The van der Waals surface area contributed by atoms with Crippen LogP contribution >= 0.6 is 0 Å². The van der Waals surface area contributed by atoms with Gasteiger partial charge in [-0.2, -0.15) is 0 Å². The van der Waals surface area contributed by atoms with Gasteiger partial charge in [0.15, 0.2) is 6.29 Å². The number of rotatable bonds is 12. The molecule has 0 aromatic carbocycles. The van der Waals surface area contributed by atoms with E-state index in [0.717, 1.165) is 0 Å². The van der Waals surface area contributed by atoms with Crippen molar-refractivity contribution in [2.24, 2.45) is 28.9 Å². The summed E-state index contributed by atoms with van der Waals surface area (Å²) in [5, 5.41) is 90.1. The van der Waals surface area contributed by atoms with Crippen molar-refractivity contribution >= 4 is 0 Å². The first-order valence-corrected chi connectivity index (χ1v) is 14.1. The standard InChI is InChI=1S/C24H50N6O11/c1-2-29-6-11-17(34)19(36)15(28)22(39-11)13-8(26)5-9(30-23(38)10(32)3-4-25)21(18(13)35)41-24-20(37)14(27)16(33)12(7-31)40-24/h8-24,29-38H,2-7,25-28H2,1H3/t8-,9+,10-,11+,12+,13?,14-,15+,16+,17+,18-,19+,20+,21-,22+,23?,24+/m0/s1. The molecule has 0 spiro atoms. The van der Waals surface area contributed by atoms with E-state index in [2.05, 4.69) is 10.6 Å². The summed E-state index contributed by atoms with van der Waals surface area (Å²) in [6.07, 6.45) is -15.8. The fourth-order valence-corrected chi connectivity index (χ4v) is 5.93. The highest BCUT2D eigenvalue weighted by molar-refractivity contribution is 5.08. The lowest BCUT2D eigenvalue weighted by molar-refractivity contribution is -0.308. The van der Waals surface area contributed by atoms with Crippen molar-refractivity contribution in [2.45, 2.75) is 117 Å². The predicted molar refractivity (Wildman–Crippen MR) is 143 cm³/mol. The van der Waals surface area contributed by atoms with E-state index < -0.39 is 110 Å². The Morgan fingerprint density at radius 3 is 2.20 bits per heavy atom. The quantitative estimate of drug-likeness (QED) is 0.0927. The highest BCUT2D eigenvalue weighted by Gasteiger charge is 2.55. The molecular weight excluding hydrogens is 548 g/mol. The molecule has 0 amide bonds. The Kier molecular flexibility index (Phi) is 13.0. The average molecular weight is 599 g/mol. The number of ether oxygens (including phenoxy) is 3. The molecule has 3 rings (SSSR count). The molecule has 2 heterocycles. The molecule has 2 unspecified atom stereocenters. The largest absolute Gasteiger partial charge is 0.394 e. The van der Waals surface area contributed by atoms with Crippen molar-refractivity contribution in [3.63, 3.8) is 0 Å². The third-order valence-corrected chi connectivity index (χ3v) is 8.40. The molecule has 0 bridgehead atoms. The van der Waals surface area contributed by atoms with Gasteiger partial charge >= 0.3 is 0 Å². The van der Waals surface area contributed by atoms with Gasteiger partial charge in [-0.05, 0) is 25.9 Å². The summed E-state index contributed by atoms with van der Waals surface area (Å²) >= 11 is 0. The Balaban J connectivity index is 1.90. The Morgan fingerprint density at radius 2 is 1.59 bits per heavy atom. The zero-order valence-corrected chi connectivity index (χ0v) is 23.2. The first-order chi connectivity index (χ1) is 19.4. The van der Waals surface area contributed by atoms with Gasteiger partial charge in [-0.25, -0.2) is 0 Å². The molecule has 17 nitrogen and oxygen atoms in total. The lowest BCUT2D eigenvalue weighted by Gasteiger charge is -2.52. The normalized spacial score (nSPS) is 47.2. The predicted octanol–water partition coefficient (Wildman–Crippen LogP) is -7.74. The average Bonchev–Trinajstić information content (AvgIpc) is 2.94. The molecule has 17 atom stereocenters. The van der Waals surface area contributed by atoms with Gasteiger partial charge in [0.2, 0.25) is 0 Å². The van der Waals surface area contributed by atoms with E-state index in [0.29, 0.717) is 6.54 Å². The third kappa shape index (κ3) is 7.70. The van der Waals surface area contributed by atoms with Crippen LogP contribution in [0.4, 0.5) is 0 Å². The number of hydrogen-bond acceptors (Lipinski definition) is 17. The molecule has 18 N–H and O–H groups in total. The van der Waals surface area contributed by atoms with Gasteiger partial charge in [0, 0.05) is 24.5 Å². The van der Waals surface area contributed by atoms with Crippen molar-refractivity contribution in [1.29, 1.82) is 0 Å². The van der Waals surface area contributed by atoms with Crippen molar-refractivity contribution in [3.05, 3.63) is 0 Å². The monoisotopic (exact) mass is 598 g/mol. The van der Waals surface area contributed by atoms with Crippen LogP contribution in [0.25, 0.3) is 0 Å². The molecule has 41 heavy (non-hydrogen) atoms. The SMILES string of the molecule is CCNC[C@H]1O[C@H](C2[C@@H](N)C[C@@H](NC(O)[C@@H](O)CCN)[C@H](O[C@H]3O[C@H](CO)[C@@H](O)[C@H](N)[C@H]3O)[C@H]2O)[C@H](N)[C@@H](O)[C@@H]1O. The second-order valence-electron chi connectivity index (χ2n) is 11.2. The molecular formula is C24H50N6O11. The molecule has 1 saturated carbocycles. The number of likely N-dealkylation sites (N-methyl/N-ethyl adjacent to an activating group) is 1. The molecule has 1 aliphatic carbocycles. The van der Waals surface area contributed by atoms with Crippen LogP contribution < -0.4 is 33.6 Å². The van der Waals surface area contributed by atoms with Crippen LogP contribution in [0.2, 0.25) is 0 Å². The van der Waals surface area contributed by atoms with Crippen molar-refractivity contribution in [3.8, 4) is 0 Å². The Morgan fingerprint density at radius 1 is 0.902 bits per heavy atom. The number of nitrogens with one attached hydrogen (secondary N) is 2. The van der Waals surface area contributed by atoms with Gasteiger partial charge in [0.25, 0.3) is 0 Å². The summed E-state index contributed by atoms with van der Waals surface area (Å²) in [5.74, 6) is -0.973. The molecule has 3 fully saturated rings. The summed E-state index contributed by atoms with van der Waals surface area (Å²) in [5.41, 5.74) is 24.2. The Bertz CT molecular complexity index is 792. The number of aliphatic hydroxyl groups is 8.